The summed E-state index contributed by atoms with van der Waals surface area (Å²) in [6.45, 7) is 0. The lowest BCUT2D eigenvalue weighted by atomic mass is 10.0. The Morgan fingerprint density at radius 2 is 1.90 bits per heavy atom. The molecule has 1 fully saturated rings. The Balaban J connectivity index is 1.77. The van der Waals surface area contributed by atoms with E-state index >= 15 is 0 Å². The SMILES string of the molecule is COC1(c2noc(/C=C/c3ccc(N)cc3)n2)CCCC1. The molecule has 1 saturated carbocycles. The largest absolute Gasteiger partial charge is 0.399 e. The van der Waals surface area contributed by atoms with Gasteiger partial charge >= 0.3 is 0 Å². The van der Waals surface area contributed by atoms with Gasteiger partial charge in [0, 0.05) is 18.9 Å². The second-order valence-corrected chi connectivity index (χ2v) is 5.36. The van der Waals surface area contributed by atoms with E-state index in [1.807, 2.05) is 30.3 Å². The van der Waals surface area contributed by atoms with E-state index in [2.05, 4.69) is 10.1 Å². The van der Waals surface area contributed by atoms with Gasteiger partial charge in [0.2, 0.25) is 5.82 Å². The molecule has 2 N–H and O–H groups in total. The maximum atomic E-state index is 5.66. The third-order valence-corrected chi connectivity index (χ3v) is 4.01. The normalized spacial score (nSPS) is 17.6. The Kier molecular flexibility index (Phi) is 3.75. The highest BCUT2D eigenvalue weighted by Crippen LogP contribution is 2.40. The van der Waals surface area contributed by atoms with Crippen molar-refractivity contribution in [3.63, 3.8) is 0 Å². The maximum absolute atomic E-state index is 5.66. The molecule has 3 rings (SSSR count). The monoisotopic (exact) mass is 285 g/mol. The standard InChI is InChI=1S/C16H19N3O2/c1-20-16(10-2-3-11-16)15-18-14(21-19-15)9-6-12-4-7-13(17)8-5-12/h4-9H,2-3,10-11,17H2,1H3/b9-6+. The van der Waals surface area contributed by atoms with Gasteiger partial charge < -0.3 is 15.0 Å². The smallest absolute Gasteiger partial charge is 0.250 e. The molecule has 0 radical (unpaired) electrons. The number of rotatable bonds is 4. The number of aromatic nitrogens is 2. The maximum Gasteiger partial charge on any atom is 0.250 e. The molecule has 1 aliphatic carbocycles. The summed E-state index contributed by atoms with van der Waals surface area (Å²) in [5.74, 6) is 1.14. The lowest BCUT2D eigenvalue weighted by molar-refractivity contribution is -0.0178. The highest BCUT2D eigenvalue weighted by Gasteiger charge is 2.40. The zero-order valence-corrected chi connectivity index (χ0v) is 12.1. The number of ether oxygens (including phenoxy) is 1. The quantitative estimate of drug-likeness (QED) is 0.873. The van der Waals surface area contributed by atoms with Gasteiger partial charge in [-0.3, -0.25) is 0 Å². The van der Waals surface area contributed by atoms with Crippen molar-refractivity contribution >= 4 is 17.8 Å². The van der Waals surface area contributed by atoms with Crippen molar-refractivity contribution in [1.29, 1.82) is 0 Å². The van der Waals surface area contributed by atoms with Crippen LogP contribution in [-0.4, -0.2) is 17.3 Å². The Morgan fingerprint density at radius 1 is 1.19 bits per heavy atom. The molecule has 0 atom stereocenters. The van der Waals surface area contributed by atoms with E-state index in [0.29, 0.717) is 11.7 Å². The minimum atomic E-state index is -0.364. The van der Waals surface area contributed by atoms with Crippen LogP contribution in [0.4, 0.5) is 5.69 Å². The van der Waals surface area contributed by atoms with Crippen LogP contribution < -0.4 is 5.73 Å². The van der Waals surface area contributed by atoms with Crippen molar-refractivity contribution in [3.05, 3.63) is 41.5 Å². The topological polar surface area (TPSA) is 74.2 Å². The van der Waals surface area contributed by atoms with E-state index in [-0.39, 0.29) is 5.60 Å². The molecule has 110 valence electrons. The molecule has 5 nitrogen and oxygen atoms in total. The van der Waals surface area contributed by atoms with Crippen molar-refractivity contribution in [3.8, 4) is 0 Å². The Morgan fingerprint density at radius 3 is 2.57 bits per heavy atom. The van der Waals surface area contributed by atoms with Crippen molar-refractivity contribution < 1.29 is 9.26 Å². The Labute approximate surface area is 123 Å². The summed E-state index contributed by atoms with van der Waals surface area (Å²) in [7, 11) is 1.71. The minimum Gasteiger partial charge on any atom is -0.399 e. The number of hydrogen-bond acceptors (Lipinski definition) is 5. The van der Waals surface area contributed by atoms with Crippen molar-refractivity contribution in [2.45, 2.75) is 31.3 Å². The molecule has 0 bridgehead atoms. The number of nitrogens with two attached hydrogens (primary N) is 1. The first kappa shape index (κ1) is 13.8. The second kappa shape index (κ2) is 5.69. The first-order valence-electron chi connectivity index (χ1n) is 7.15. The van der Waals surface area contributed by atoms with Crippen LogP contribution in [0.3, 0.4) is 0 Å². The van der Waals surface area contributed by atoms with E-state index in [1.54, 1.807) is 13.2 Å². The molecule has 2 aromatic rings. The number of anilines is 1. The highest BCUT2D eigenvalue weighted by atomic mass is 16.5. The van der Waals surface area contributed by atoms with Gasteiger partial charge in [-0.05, 0) is 49.5 Å². The van der Waals surface area contributed by atoms with Crippen LogP contribution in [0.5, 0.6) is 0 Å². The van der Waals surface area contributed by atoms with Crippen molar-refractivity contribution in [2.24, 2.45) is 0 Å². The van der Waals surface area contributed by atoms with Gasteiger partial charge in [-0.1, -0.05) is 17.3 Å². The summed E-state index contributed by atoms with van der Waals surface area (Å²) in [6, 6.07) is 7.60. The molecule has 1 aliphatic rings. The zero-order valence-electron chi connectivity index (χ0n) is 12.1. The number of nitrogen functional groups attached to an aromatic ring is 1. The number of benzene rings is 1. The predicted octanol–water partition coefficient (Wildman–Crippen LogP) is 3.24. The molecule has 1 aromatic carbocycles. The molecule has 0 unspecified atom stereocenters. The molecule has 0 saturated heterocycles. The summed E-state index contributed by atoms with van der Waals surface area (Å²) in [4.78, 5) is 4.45. The van der Waals surface area contributed by atoms with Gasteiger partial charge in [-0.25, -0.2) is 0 Å². The van der Waals surface area contributed by atoms with E-state index in [4.69, 9.17) is 15.0 Å². The summed E-state index contributed by atoms with van der Waals surface area (Å²) < 4.78 is 10.9. The van der Waals surface area contributed by atoms with Crippen molar-refractivity contribution in [2.75, 3.05) is 12.8 Å². The number of methoxy groups -OCH3 is 1. The van der Waals surface area contributed by atoms with E-state index in [1.165, 1.54) is 0 Å². The molecule has 1 aromatic heterocycles. The Hall–Kier alpha value is -2.14. The molecule has 21 heavy (non-hydrogen) atoms. The van der Waals surface area contributed by atoms with E-state index in [0.717, 1.165) is 36.9 Å². The zero-order chi connectivity index (χ0) is 14.7. The summed E-state index contributed by atoms with van der Waals surface area (Å²) >= 11 is 0. The summed E-state index contributed by atoms with van der Waals surface area (Å²) in [6.07, 6.45) is 7.90. The van der Waals surface area contributed by atoms with Gasteiger partial charge in [-0.2, -0.15) is 4.98 Å². The van der Waals surface area contributed by atoms with Gasteiger partial charge in [0.15, 0.2) is 0 Å². The molecule has 0 amide bonds. The lowest BCUT2D eigenvalue weighted by Crippen LogP contribution is -2.25. The third kappa shape index (κ3) is 2.83. The molecule has 0 spiro atoms. The fourth-order valence-electron chi connectivity index (χ4n) is 2.73. The van der Waals surface area contributed by atoms with Crippen LogP contribution in [0.15, 0.2) is 28.8 Å². The summed E-state index contributed by atoms with van der Waals surface area (Å²) in [5, 5.41) is 4.09. The Bertz CT molecular complexity index is 625. The average molecular weight is 285 g/mol. The molecular formula is C16H19N3O2. The predicted molar refractivity (Wildman–Crippen MR) is 81.2 cm³/mol. The van der Waals surface area contributed by atoms with Crippen LogP contribution in [-0.2, 0) is 10.3 Å². The second-order valence-electron chi connectivity index (χ2n) is 5.36. The van der Waals surface area contributed by atoms with Crippen LogP contribution in [0, 0.1) is 0 Å². The van der Waals surface area contributed by atoms with Crippen LogP contribution in [0.2, 0.25) is 0 Å². The number of nitrogens with zero attached hydrogens (tertiary/aromatic N) is 2. The van der Waals surface area contributed by atoms with Crippen LogP contribution >= 0.6 is 0 Å². The lowest BCUT2D eigenvalue weighted by Gasteiger charge is -2.22. The van der Waals surface area contributed by atoms with Gasteiger partial charge in [0.1, 0.15) is 5.60 Å². The molecule has 1 heterocycles. The average Bonchev–Trinajstić information content (AvgIpc) is 3.16. The third-order valence-electron chi connectivity index (χ3n) is 4.01. The van der Waals surface area contributed by atoms with E-state index < -0.39 is 0 Å². The van der Waals surface area contributed by atoms with Crippen LogP contribution in [0.1, 0.15) is 43.0 Å². The fourth-order valence-corrected chi connectivity index (χ4v) is 2.73. The summed E-state index contributed by atoms with van der Waals surface area (Å²) in [5.41, 5.74) is 7.07. The first-order valence-corrected chi connectivity index (χ1v) is 7.15. The molecule has 5 heteroatoms. The number of hydrogen-bond donors (Lipinski definition) is 1. The van der Waals surface area contributed by atoms with Crippen LogP contribution in [0.25, 0.3) is 12.2 Å². The van der Waals surface area contributed by atoms with E-state index in [9.17, 15) is 0 Å². The fraction of sp³-hybridized carbons (Fsp3) is 0.375. The van der Waals surface area contributed by atoms with Gasteiger partial charge in [0.25, 0.3) is 5.89 Å². The highest BCUT2D eigenvalue weighted by molar-refractivity contribution is 5.66. The molecular weight excluding hydrogens is 266 g/mol. The molecule has 0 aliphatic heterocycles. The van der Waals surface area contributed by atoms with Gasteiger partial charge in [-0.15, -0.1) is 0 Å². The van der Waals surface area contributed by atoms with Crippen molar-refractivity contribution in [1.82, 2.24) is 10.1 Å². The first-order chi connectivity index (χ1) is 10.2. The minimum absolute atomic E-state index is 0.364. The van der Waals surface area contributed by atoms with Gasteiger partial charge in [0.05, 0.1) is 0 Å².